The van der Waals surface area contributed by atoms with Crippen LogP contribution in [0.5, 0.6) is 0 Å². The number of hydrogen-bond donors (Lipinski definition) is 0. The van der Waals surface area contributed by atoms with Crippen LogP contribution in [0.3, 0.4) is 0 Å². The number of methoxy groups -OCH3 is 1. The zero-order valence-corrected chi connectivity index (χ0v) is 17.8. The van der Waals surface area contributed by atoms with Gasteiger partial charge < -0.3 is 14.2 Å². The van der Waals surface area contributed by atoms with E-state index in [1.54, 1.807) is 25.3 Å². The van der Waals surface area contributed by atoms with Crippen molar-refractivity contribution in [1.29, 1.82) is 0 Å². The summed E-state index contributed by atoms with van der Waals surface area (Å²) in [5, 5.41) is 1.42. The first kappa shape index (κ1) is 21.9. The Balaban J connectivity index is 1.41. The highest BCUT2D eigenvalue weighted by Gasteiger charge is 2.23. The molecule has 0 aliphatic carbocycles. The van der Waals surface area contributed by atoms with Gasteiger partial charge in [-0.1, -0.05) is 36.4 Å². The molecule has 0 atom stereocenters. The molecule has 0 saturated carbocycles. The molecule has 3 aromatic carbocycles. The summed E-state index contributed by atoms with van der Waals surface area (Å²) < 4.78 is 45.1. The average Bonchev–Trinajstić information content (AvgIpc) is 2.80. The van der Waals surface area contributed by atoms with Crippen LogP contribution in [0.4, 0.5) is 8.78 Å². The van der Waals surface area contributed by atoms with Crippen LogP contribution in [0.1, 0.15) is 35.8 Å². The molecular weight excluding hydrogens is 398 g/mol. The Kier molecular flexibility index (Phi) is 7.28. The number of ether oxygens (including phenoxy) is 3. The highest BCUT2D eigenvalue weighted by Crippen LogP contribution is 2.30. The summed E-state index contributed by atoms with van der Waals surface area (Å²) in [6.45, 7) is 2.06. The molecule has 0 radical (unpaired) electrons. The zero-order chi connectivity index (χ0) is 21.6. The predicted octanol–water partition coefficient (Wildman–Crippen LogP) is 5.99. The topological polar surface area (TPSA) is 27.7 Å². The quantitative estimate of drug-likeness (QED) is 0.414. The van der Waals surface area contributed by atoms with E-state index >= 15 is 4.39 Å². The van der Waals surface area contributed by atoms with Crippen LogP contribution < -0.4 is 0 Å². The first-order valence-electron chi connectivity index (χ1n) is 10.8. The molecule has 1 aliphatic heterocycles. The van der Waals surface area contributed by atoms with Crippen molar-refractivity contribution in [3.05, 3.63) is 82.9 Å². The van der Waals surface area contributed by atoms with Gasteiger partial charge in [0.2, 0.25) is 0 Å². The lowest BCUT2D eigenvalue weighted by molar-refractivity contribution is -0.206. The van der Waals surface area contributed by atoms with Gasteiger partial charge in [-0.05, 0) is 60.4 Å². The monoisotopic (exact) mass is 426 g/mol. The fourth-order valence-electron chi connectivity index (χ4n) is 4.04. The second kappa shape index (κ2) is 10.3. The number of hydrogen-bond acceptors (Lipinski definition) is 3. The van der Waals surface area contributed by atoms with Gasteiger partial charge in [-0.25, -0.2) is 8.78 Å². The van der Waals surface area contributed by atoms with Crippen molar-refractivity contribution >= 4 is 10.8 Å². The lowest BCUT2D eigenvalue weighted by atomic mass is 9.98. The molecule has 0 spiro atoms. The van der Waals surface area contributed by atoms with E-state index in [2.05, 4.69) is 0 Å². The maximum absolute atomic E-state index is 15.1. The van der Waals surface area contributed by atoms with E-state index in [0.29, 0.717) is 42.9 Å². The highest BCUT2D eigenvalue weighted by molar-refractivity contribution is 5.84. The van der Waals surface area contributed by atoms with Gasteiger partial charge in [0, 0.05) is 30.6 Å². The van der Waals surface area contributed by atoms with E-state index in [9.17, 15) is 4.39 Å². The molecule has 0 amide bonds. The minimum Gasteiger partial charge on any atom is -0.385 e. The molecule has 1 heterocycles. The smallest absolute Gasteiger partial charge is 0.183 e. The van der Waals surface area contributed by atoms with Crippen molar-refractivity contribution in [2.45, 2.75) is 32.0 Å². The van der Waals surface area contributed by atoms with Crippen LogP contribution in [-0.2, 0) is 27.1 Å². The first-order chi connectivity index (χ1) is 15.1. The molecule has 164 valence electrons. The molecule has 0 N–H and O–H groups in total. The normalized spacial score (nSPS) is 19.1. The Morgan fingerprint density at radius 1 is 0.935 bits per heavy atom. The molecule has 3 aromatic rings. The molecule has 0 bridgehead atoms. The molecule has 1 aliphatic rings. The number of halogens is 2. The fraction of sp³-hybridized carbons (Fsp3) is 0.385. The molecule has 31 heavy (non-hydrogen) atoms. The third kappa shape index (κ3) is 5.48. The van der Waals surface area contributed by atoms with Crippen LogP contribution in [-0.4, -0.2) is 26.9 Å². The van der Waals surface area contributed by atoms with Gasteiger partial charge in [0.15, 0.2) is 6.29 Å². The molecule has 3 nitrogen and oxygen atoms in total. The number of benzene rings is 3. The largest absolute Gasteiger partial charge is 0.385 e. The summed E-state index contributed by atoms with van der Waals surface area (Å²) >= 11 is 0. The van der Waals surface area contributed by atoms with Gasteiger partial charge in [0.25, 0.3) is 0 Å². The van der Waals surface area contributed by atoms with E-state index in [1.807, 2.05) is 24.3 Å². The van der Waals surface area contributed by atoms with Crippen molar-refractivity contribution in [2.75, 3.05) is 26.9 Å². The van der Waals surface area contributed by atoms with E-state index in [1.165, 1.54) is 12.1 Å². The summed E-state index contributed by atoms with van der Waals surface area (Å²) in [5.41, 5.74) is 2.55. The molecule has 5 heteroatoms. The predicted molar refractivity (Wildman–Crippen MR) is 117 cm³/mol. The summed E-state index contributed by atoms with van der Waals surface area (Å²) in [5.74, 6) is -0.0770. The van der Waals surface area contributed by atoms with Crippen molar-refractivity contribution in [3.63, 3.8) is 0 Å². The molecular formula is C26H28F2O3. The number of aryl methyl sites for hydroxylation is 2. The Morgan fingerprint density at radius 3 is 2.45 bits per heavy atom. The van der Waals surface area contributed by atoms with Crippen LogP contribution in [0.15, 0.2) is 54.6 Å². The first-order valence-corrected chi connectivity index (χ1v) is 10.8. The molecule has 0 unspecified atom stereocenters. The highest BCUT2D eigenvalue weighted by atomic mass is 19.1. The second-order valence-corrected chi connectivity index (χ2v) is 8.15. The molecule has 0 aromatic heterocycles. The third-order valence-electron chi connectivity index (χ3n) is 5.85. The van der Waals surface area contributed by atoms with E-state index < -0.39 is 6.29 Å². The van der Waals surface area contributed by atoms with Gasteiger partial charge in [-0.2, -0.15) is 0 Å². The maximum Gasteiger partial charge on any atom is 0.183 e. The summed E-state index contributed by atoms with van der Waals surface area (Å²) in [4.78, 5) is 0. The van der Waals surface area contributed by atoms with Gasteiger partial charge in [-0.3, -0.25) is 0 Å². The van der Waals surface area contributed by atoms with Gasteiger partial charge in [-0.15, -0.1) is 0 Å². The average molecular weight is 427 g/mol. The van der Waals surface area contributed by atoms with Crippen molar-refractivity contribution < 1.29 is 23.0 Å². The van der Waals surface area contributed by atoms with E-state index in [-0.39, 0.29) is 11.6 Å². The van der Waals surface area contributed by atoms with Gasteiger partial charge in [0.05, 0.1) is 13.2 Å². The van der Waals surface area contributed by atoms with Crippen LogP contribution >= 0.6 is 0 Å². The van der Waals surface area contributed by atoms with E-state index in [0.717, 1.165) is 36.0 Å². The number of fused-ring (bicyclic) bond motifs is 1. The van der Waals surface area contributed by atoms with Crippen molar-refractivity contribution in [2.24, 2.45) is 5.92 Å². The Labute approximate surface area is 181 Å². The fourth-order valence-corrected chi connectivity index (χ4v) is 4.04. The van der Waals surface area contributed by atoms with Crippen molar-refractivity contribution in [1.82, 2.24) is 0 Å². The van der Waals surface area contributed by atoms with Gasteiger partial charge in [0.1, 0.15) is 11.6 Å². The summed E-state index contributed by atoms with van der Waals surface area (Å²) in [6.07, 6.45) is 2.83. The Hall–Kier alpha value is -2.34. The van der Waals surface area contributed by atoms with Crippen LogP contribution in [0, 0.1) is 17.6 Å². The lowest BCUT2D eigenvalue weighted by Gasteiger charge is -2.29. The van der Waals surface area contributed by atoms with Crippen LogP contribution in [0.2, 0.25) is 0 Å². The third-order valence-corrected chi connectivity index (χ3v) is 5.85. The minimum atomic E-state index is -0.413. The van der Waals surface area contributed by atoms with Crippen LogP contribution in [0.25, 0.3) is 10.8 Å². The van der Waals surface area contributed by atoms with E-state index in [4.69, 9.17) is 14.2 Å². The lowest BCUT2D eigenvalue weighted by Crippen LogP contribution is -2.27. The van der Waals surface area contributed by atoms with Gasteiger partial charge >= 0.3 is 0 Å². The Morgan fingerprint density at radius 2 is 1.71 bits per heavy atom. The Bertz CT molecular complexity index is 995. The number of rotatable bonds is 8. The van der Waals surface area contributed by atoms with Crippen molar-refractivity contribution in [3.8, 4) is 0 Å². The standard InChI is InChI=1S/C26H28F2O3/c1-29-14-2-3-19-16-30-26(31-17-19)22-10-13-24-21(15-22)9-8-20(25(24)28)7-4-18-5-11-23(27)12-6-18/h5-6,8-13,15,19,26H,2-4,7,14,16-17H2,1H3. The zero-order valence-electron chi connectivity index (χ0n) is 17.8. The summed E-state index contributed by atoms with van der Waals surface area (Å²) in [6, 6.07) is 15.8. The maximum atomic E-state index is 15.1. The SMILES string of the molecule is COCCCC1COC(c2ccc3c(F)c(CCc4ccc(F)cc4)ccc3c2)OC1. The summed E-state index contributed by atoms with van der Waals surface area (Å²) in [7, 11) is 1.71. The molecule has 4 rings (SSSR count). The molecule has 1 fully saturated rings. The molecule has 1 saturated heterocycles. The minimum absolute atomic E-state index is 0.199. The second-order valence-electron chi connectivity index (χ2n) is 8.15.